The van der Waals surface area contributed by atoms with E-state index >= 15 is 0 Å². The minimum atomic E-state index is -0.198. The van der Waals surface area contributed by atoms with Gasteiger partial charge in [-0.25, -0.2) is 0 Å². The van der Waals surface area contributed by atoms with Crippen LogP contribution < -0.4 is 10.6 Å². The molecule has 0 bridgehead atoms. The highest BCUT2D eigenvalue weighted by molar-refractivity contribution is 7.16. The Bertz CT molecular complexity index is 797. The van der Waals surface area contributed by atoms with Crippen LogP contribution >= 0.6 is 11.3 Å². The topological polar surface area (TPSA) is 54.0 Å². The summed E-state index contributed by atoms with van der Waals surface area (Å²) in [4.78, 5) is 18.3. The molecule has 3 heterocycles. The second-order valence-corrected chi connectivity index (χ2v) is 8.93. The van der Waals surface area contributed by atoms with Crippen LogP contribution in [0, 0.1) is 11.3 Å². The quantitative estimate of drug-likeness (QED) is 0.850. The lowest BCUT2D eigenvalue weighted by atomic mass is 9.69. The lowest BCUT2D eigenvalue weighted by Crippen LogP contribution is -2.38. The molecule has 2 N–H and O–H groups in total. The molecule has 2 aromatic heterocycles. The molecule has 2 aromatic rings. The summed E-state index contributed by atoms with van der Waals surface area (Å²) in [5.41, 5.74) is 3.50. The molecule has 25 heavy (non-hydrogen) atoms. The number of fused-ring (bicyclic) bond motifs is 3. The molecule has 1 amide bonds. The Labute approximate surface area is 153 Å². The molecule has 4 rings (SSSR count). The Morgan fingerprint density at radius 3 is 2.92 bits per heavy atom. The van der Waals surface area contributed by atoms with Crippen LogP contribution in [0.4, 0.5) is 5.00 Å². The molecule has 2 aliphatic rings. The molecule has 4 nitrogen and oxygen atoms in total. The van der Waals surface area contributed by atoms with Crippen LogP contribution in [0.5, 0.6) is 0 Å². The summed E-state index contributed by atoms with van der Waals surface area (Å²) in [6.07, 6.45) is 7.84. The Hall–Kier alpha value is -1.88. The van der Waals surface area contributed by atoms with E-state index in [1.807, 2.05) is 12.1 Å². The van der Waals surface area contributed by atoms with Crippen molar-refractivity contribution < 1.29 is 4.79 Å². The number of carbonyl (C=O) groups is 1. The van der Waals surface area contributed by atoms with Gasteiger partial charge in [-0.05, 0) is 42.2 Å². The third kappa shape index (κ3) is 2.84. The predicted molar refractivity (Wildman–Crippen MR) is 102 cm³/mol. The van der Waals surface area contributed by atoms with E-state index in [0.29, 0.717) is 11.3 Å². The van der Waals surface area contributed by atoms with Gasteiger partial charge in [-0.15, -0.1) is 11.3 Å². The lowest BCUT2D eigenvalue weighted by Gasteiger charge is -2.36. The highest BCUT2D eigenvalue weighted by Crippen LogP contribution is 2.46. The normalized spacial score (nSPS) is 22.6. The number of carbonyl (C=O) groups excluding carboxylic acids is 1. The molecule has 0 spiro atoms. The number of thiophene rings is 1. The number of aromatic nitrogens is 1. The predicted octanol–water partition coefficient (Wildman–Crippen LogP) is 4.54. The van der Waals surface area contributed by atoms with E-state index in [2.05, 4.69) is 36.4 Å². The van der Waals surface area contributed by atoms with Crippen LogP contribution in [0.15, 0.2) is 24.5 Å². The van der Waals surface area contributed by atoms with Gasteiger partial charge in [0.15, 0.2) is 0 Å². The average molecular weight is 356 g/mol. The largest absolute Gasteiger partial charge is 0.353 e. The zero-order chi connectivity index (χ0) is 17.6. The van der Waals surface area contributed by atoms with Crippen LogP contribution in [0.2, 0.25) is 0 Å². The van der Waals surface area contributed by atoms with Crippen molar-refractivity contribution in [2.24, 2.45) is 11.3 Å². The SMILES string of the molecule is CCC(C)(C)C1CCc2c(sc3c2C(=O)NC(c2cccnc2)N3)C1. The molecule has 0 saturated carbocycles. The zero-order valence-corrected chi connectivity index (χ0v) is 15.9. The van der Waals surface area contributed by atoms with Crippen LogP contribution in [0.25, 0.3) is 0 Å². The summed E-state index contributed by atoms with van der Waals surface area (Å²) < 4.78 is 0. The van der Waals surface area contributed by atoms with E-state index in [1.54, 1.807) is 23.7 Å². The van der Waals surface area contributed by atoms with Crippen molar-refractivity contribution in [1.82, 2.24) is 10.3 Å². The Morgan fingerprint density at radius 1 is 1.36 bits per heavy atom. The van der Waals surface area contributed by atoms with Gasteiger partial charge in [0, 0.05) is 22.8 Å². The Kier molecular flexibility index (Phi) is 4.07. The molecule has 0 radical (unpaired) electrons. The fourth-order valence-corrected chi connectivity index (χ4v) is 5.32. The molecule has 1 aliphatic heterocycles. The van der Waals surface area contributed by atoms with Crippen molar-refractivity contribution >= 4 is 22.2 Å². The van der Waals surface area contributed by atoms with Crippen LogP contribution in [-0.4, -0.2) is 10.9 Å². The van der Waals surface area contributed by atoms with Crippen molar-refractivity contribution in [3.05, 3.63) is 46.1 Å². The van der Waals surface area contributed by atoms with Crippen molar-refractivity contribution in [2.75, 3.05) is 5.32 Å². The molecule has 2 atom stereocenters. The van der Waals surface area contributed by atoms with Crippen molar-refractivity contribution in [1.29, 1.82) is 0 Å². The van der Waals surface area contributed by atoms with Crippen molar-refractivity contribution in [3.63, 3.8) is 0 Å². The monoisotopic (exact) mass is 355 g/mol. The first-order chi connectivity index (χ1) is 12.0. The van der Waals surface area contributed by atoms with Gasteiger partial charge in [0.1, 0.15) is 11.2 Å². The van der Waals surface area contributed by atoms with E-state index in [9.17, 15) is 4.79 Å². The van der Waals surface area contributed by atoms with Crippen LogP contribution in [0.1, 0.15) is 66.1 Å². The number of hydrogen-bond acceptors (Lipinski definition) is 4. The van der Waals surface area contributed by atoms with Gasteiger partial charge in [-0.1, -0.05) is 33.3 Å². The molecule has 0 fully saturated rings. The zero-order valence-electron chi connectivity index (χ0n) is 15.1. The van der Waals surface area contributed by atoms with E-state index in [0.717, 1.165) is 29.0 Å². The molecule has 5 heteroatoms. The smallest absolute Gasteiger partial charge is 0.256 e. The van der Waals surface area contributed by atoms with Crippen molar-refractivity contribution in [2.45, 2.75) is 52.6 Å². The van der Waals surface area contributed by atoms with E-state index in [4.69, 9.17) is 0 Å². The number of nitrogens with zero attached hydrogens (tertiary/aromatic N) is 1. The second kappa shape index (κ2) is 6.13. The first-order valence-electron chi connectivity index (χ1n) is 9.11. The average Bonchev–Trinajstić information content (AvgIpc) is 3.00. The number of nitrogens with one attached hydrogen (secondary N) is 2. The van der Waals surface area contributed by atoms with Gasteiger partial charge in [0.2, 0.25) is 0 Å². The summed E-state index contributed by atoms with van der Waals surface area (Å²) >= 11 is 1.78. The maximum atomic E-state index is 12.8. The molecule has 2 unspecified atom stereocenters. The van der Waals surface area contributed by atoms with E-state index < -0.39 is 0 Å². The number of hydrogen-bond donors (Lipinski definition) is 2. The van der Waals surface area contributed by atoms with Crippen molar-refractivity contribution in [3.8, 4) is 0 Å². The molecular weight excluding hydrogens is 330 g/mol. The standard InChI is InChI=1S/C20H25N3OS/c1-4-20(2,3)13-7-8-14-15(10-13)25-19-16(14)18(24)22-17(23-19)12-6-5-9-21-11-12/h5-6,9,11,13,17,23H,4,7-8,10H2,1-3H3,(H,22,24). The number of anilines is 1. The summed E-state index contributed by atoms with van der Waals surface area (Å²) in [5.74, 6) is 0.746. The van der Waals surface area contributed by atoms with E-state index in [1.165, 1.54) is 23.3 Å². The van der Waals surface area contributed by atoms with Gasteiger partial charge in [-0.3, -0.25) is 9.78 Å². The van der Waals surface area contributed by atoms with Gasteiger partial charge in [0.05, 0.1) is 5.56 Å². The van der Waals surface area contributed by atoms with Crippen LogP contribution in [-0.2, 0) is 12.8 Å². The van der Waals surface area contributed by atoms with Gasteiger partial charge >= 0.3 is 0 Å². The molecule has 0 saturated heterocycles. The van der Waals surface area contributed by atoms with E-state index in [-0.39, 0.29) is 12.1 Å². The molecule has 132 valence electrons. The number of amides is 1. The minimum Gasteiger partial charge on any atom is -0.353 e. The Morgan fingerprint density at radius 2 is 2.20 bits per heavy atom. The first-order valence-corrected chi connectivity index (χ1v) is 9.93. The van der Waals surface area contributed by atoms with Crippen LogP contribution in [0.3, 0.4) is 0 Å². The number of rotatable bonds is 3. The lowest BCUT2D eigenvalue weighted by molar-refractivity contribution is 0.0934. The second-order valence-electron chi connectivity index (χ2n) is 7.83. The van der Waals surface area contributed by atoms with Gasteiger partial charge in [0.25, 0.3) is 5.91 Å². The summed E-state index contributed by atoms with van der Waals surface area (Å²) in [6, 6.07) is 3.89. The summed E-state index contributed by atoms with van der Waals surface area (Å²) in [6.45, 7) is 7.03. The third-order valence-electron chi connectivity index (χ3n) is 6.08. The van der Waals surface area contributed by atoms with Gasteiger partial charge < -0.3 is 10.6 Å². The molecule has 0 aromatic carbocycles. The molecular formula is C20H25N3OS. The Balaban J connectivity index is 1.64. The fraction of sp³-hybridized carbons (Fsp3) is 0.500. The maximum Gasteiger partial charge on any atom is 0.256 e. The third-order valence-corrected chi connectivity index (χ3v) is 7.26. The number of pyridine rings is 1. The fourth-order valence-electron chi connectivity index (χ4n) is 3.97. The van der Waals surface area contributed by atoms with Gasteiger partial charge in [-0.2, -0.15) is 0 Å². The highest BCUT2D eigenvalue weighted by atomic mass is 32.1. The summed E-state index contributed by atoms with van der Waals surface area (Å²) in [7, 11) is 0. The maximum absolute atomic E-state index is 12.8. The highest BCUT2D eigenvalue weighted by Gasteiger charge is 2.37. The molecule has 1 aliphatic carbocycles. The first kappa shape index (κ1) is 16.6. The summed E-state index contributed by atoms with van der Waals surface area (Å²) in [5, 5.41) is 7.63. The minimum absolute atomic E-state index is 0.0494.